The Morgan fingerprint density at radius 1 is 1.25 bits per heavy atom. The van der Waals surface area contributed by atoms with Gasteiger partial charge in [-0.1, -0.05) is 30.3 Å². The maximum absolute atomic E-state index is 12.7. The van der Waals surface area contributed by atoms with Crippen LogP contribution in [-0.2, 0) is 10.2 Å². The maximum atomic E-state index is 12.7. The van der Waals surface area contributed by atoms with Crippen LogP contribution in [0.25, 0.3) is 0 Å². The molecule has 1 aliphatic carbocycles. The molecule has 0 aliphatic heterocycles. The van der Waals surface area contributed by atoms with Gasteiger partial charge in [0.2, 0.25) is 5.91 Å². The Balaban J connectivity index is 0.00000180. The van der Waals surface area contributed by atoms with Gasteiger partial charge in [-0.3, -0.25) is 4.79 Å². The highest BCUT2D eigenvalue weighted by atomic mass is 35.5. The Kier molecular flexibility index (Phi) is 7.56. The van der Waals surface area contributed by atoms with Crippen molar-refractivity contribution in [1.82, 2.24) is 4.90 Å². The second-order valence-corrected chi connectivity index (χ2v) is 4.95. The number of amides is 1. The molecule has 1 aliphatic rings. The molecule has 2 rings (SSSR count). The summed E-state index contributed by atoms with van der Waals surface area (Å²) in [5, 5.41) is 0. The lowest BCUT2D eigenvalue weighted by Crippen LogP contribution is -2.40. The molecule has 1 amide bonds. The molecule has 0 saturated heterocycles. The fourth-order valence-corrected chi connectivity index (χ4v) is 2.88. The van der Waals surface area contributed by atoms with Gasteiger partial charge in [-0.25, -0.2) is 0 Å². The van der Waals surface area contributed by atoms with Gasteiger partial charge in [-0.15, -0.1) is 24.8 Å². The van der Waals surface area contributed by atoms with Crippen LogP contribution in [0.1, 0.15) is 25.8 Å². The van der Waals surface area contributed by atoms with E-state index in [4.69, 9.17) is 5.73 Å². The molecule has 2 unspecified atom stereocenters. The topological polar surface area (TPSA) is 46.3 Å². The quantitative estimate of drug-likeness (QED) is 0.907. The largest absolute Gasteiger partial charge is 0.342 e. The monoisotopic (exact) mass is 318 g/mol. The first kappa shape index (κ1) is 19.2. The molecule has 1 aromatic rings. The summed E-state index contributed by atoms with van der Waals surface area (Å²) in [6, 6.07) is 10.1. The predicted octanol–water partition coefficient (Wildman–Crippen LogP) is 2.62. The molecule has 1 saturated carbocycles. The molecule has 1 aromatic carbocycles. The second kappa shape index (κ2) is 7.87. The first-order valence-electron chi connectivity index (χ1n) is 6.75. The van der Waals surface area contributed by atoms with Crippen LogP contribution in [0.3, 0.4) is 0 Å². The number of hydrogen-bond acceptors (Lipinski definition) is 2. The number of carbonyl (C=O) groups is 1. The lowest BCUT2D eigenvalue weighted by atomic mass is 9.91. The second-order valence-electron chi connectivity index (χ2n) is 4.95. The lowest BCUT2D eigenvalue weighted by molar-refractivity contribution is -0.134. The minimum Gasteiger partial charge on any atom is -0.342 e. The van der Waals surface area contributed by atoms with E-state index in [9.17, 15) is 4.79 Å². The van der Waals surface area contributed by atoms with Gasteiger partial charge >= 0.3 is 0 Å². The zero-order valence-corrected chi connectivity index (χ0v) is 13.7. The van der Waals surface area contributed by atoms with E-state index in [0.717, 1.165) is 25.1 Å². The van der Waals surface area contributed by atoms with Crippen LogP contribution in [0.4, 0.5) is 0 Å². The Labute approximate surface area is 133 Å². The van der Waals surface area contributed by atoms with Crippen molar-refractivity contribution in [1.29, 1.82) is 0 Å². The van der Waals surface area contributed by atoms with Gasteiger partial charge in [-0.05, 0) is 38.3 Å². The molecular weight excluding hydrogens is 295 g/mol. The highest BCUT2D eigenvalue weighted by Gasteiger charge is 2.61. The predicted molar refractivity (Wildman–Crippen MR) is 87.7 cm³/mol. The minimum absolute atomic E-state index is 0. The summed E-state index contributed by atoms with van der Waals surface area (Å²) >= 11 is 0. The third kappa shape index (κ3) is 3.11. The molecule has 2 N–H and O–H groups in total. The SMILES string of the molecule is CCN(CC)C(=O)C1(c2ccccc2)CC1CN.Cl.Cl. The molecule has 0 heterocycles. The number of nitrogens with two attached hydrogens (primary N) is 1. The highest BCUT2D eigenvalue weighted by Crippen LogP contribution is 2.54. The van der Waals surface area contributed by atoms with Crippen LogP contribution >= 0.6 is 24.8 Å². The van der Waals surface area contributed by atoms with Crippen LogP contribution in [0.15, 0.2) is 30.3 Å². The number of hydrogen-bond donors (Lipinski definition) is 1. The van der Waals surface area contributed by atoms with Crippen molar-refractivity contribution in [2.45, 2.75) is 25.7 Å². The number of benzene rings is 1. The summed E-state index contributed by atoms with van der Waals surface area (Å²) in [7, 11) is 0. The first-order valence-corrected chi connectivity index (χ1v) is 6.75. The van der Waals surface area contributed by atoms with Crippen LogP contribution in [0.2, 0.25) is 0 Å². The fourth-order valence-electron chi connectivity index (χ4n) is 2.88. The third-order valence-electron chi connectivity index (χ3n) is 4.11. The Morgan fingerprint density at radius 3 is 2.20 bits per heavy atom. The van der Waals surface area contributed by atoms with Gasteiger partial charge in [0, 0.05) is 13.1 Å². The average molecular weight is 319 g/mol. The Bertz CT molecular complexity index is 423. The van der Waals surface area contributed by atoms with Crippen molar-refractivity contribution in [3.63, 3.8) is 0 Å². The van der Waals surface area contributed by atoms with Crippen molar-refractivity contribution in [2.75, 3.05) is 19.6 Å². The molecule has 0 bridgehead atoms. The maximum Gasteiger partial charge on any atom is 0.233 e. The van der Waals surface area contributed by atoms with E-state index in [0.29, 0.717) is 12.5 Å². The summed E-state index contributed by atoms with van der Waals surface area (Å²) in [5.74, 6) is 0.544. The van der Waals surface area contributed by atoms with E-state index in [1.165, 1.54) is 0 Å². The zero-order valence-electron chi connectivity index (χ0n) is 12.0. The van der Waals surface area contributed by atoms with Crippen molar-refractivity contribution < 1.29 is 4.79 Å². The van der Waals surface area contributed by atoms with Crippen LogP contribution in [-0.4, -0.2) is 30.4 Å². The third-order valence-corrected chi connectivity index (χ3v) is 4.11. The standard InChI is InChI=1S/C15H22N2O.2ClH/c1-3-17(4-2)14(18)15(10-13(15)11-16)12-8-6-5-7-9-12;;/h5-9,13H,3-4,10-11,16H2,1-2H3;2*1H. The van der Waals surface area contributed by atoms with Crippen LogP contribution in [0, 0.1) is 5.92 Å². The van der Waals surface area contributed by atoms with E-state index < -0.39 is 0 Å². The first-order chi connectivity index (χ1) is 8.70. The number of likely N-dealkylation sites (N-methyl/N-ethyl adjacent to an activating group) is 1. The normalized spacial score (nSPS) is 23.2. The van der Waals surface area contributed by atoms with E-state index in [2.05, 4.69) is 12.1 Å². The molecule has 0 radical (unpaired) electrons. The van der Waals surface area contributed by atoms with Gasteiger partial charge in [0.25, 0.3) is 0 Å². The van der Waals surface area contributed by atoms with E-state index in [1.807, 2.05) is 36.9 Å². The van der Waals surface area contributed by atoms with Crippen molar-refractivity contribution >= 4 is 30.7 Å². The van der Waals surface area contributed by atoms with E-state index in [1.54, 1.807) is 0 Å². The number of rotatable bonds is 5. The number of nitrogens with zero attached hydrogens (tertiary/aromatic N) is 1. The molecule has 20 heavy (non-hydrogen) atoms. The van der Waals surface area contributed by atoms with E-state index in [-0.39, 0.29) is 36.1 Å². The van der Waals surface area contributed by atoms with Crippen molar-refractivity contribution in [3.8, 4) is 0 Å². The van der Waals surface area contributed by atoms with Gasteiger partial charge in [0.1, 0.15) is 0 Å². The summed E-state index contributed by atoms with van der Waals surface area (Å²) in [4.78, 5) is 14.6. The Morgan fingerprint density at radius 2 is 1.80 bits per heavy atom. The highest BCUT2D eigenvalue weighted by molar-refractivity contribution is 5.92. The van der Waals surface area contributed by atoms with Gasteiger partial charge < -0.3 is 10.6 Å². The molecule has 0 aromatic heterocycles. The van der Waals surface area contributed by atoms with Gasteiger partial charge in [0.15, 0.2) is 0 Å². The summed E-state index contributed by atoms with van der Waals surface area (Å²) in [5.41, 5.74) is 6.57. The molecule has 3 nitrogen and oxygen atoms in total. The van der Waals surface area contributed by atoms with E-state index >= 15 is 0 Å². The minimum atomic E-state index is -0.345. The van der Waals surface area contributed by atoms with Gasteiger partial charge in [-0.2, -0.15) is 0 Å². The summed E-state index contributed by atoms with van der Waals surface area (Å²) in [6.07, 6.45) is 0.892. The number of carbonyl (C=O) groups excluding carboxylic acids is 1. The van der Waals surface area contributed by atoms with Crippen molar-refractivity contribution in [3.05, 3.63) is 35.9 Å². The lowest BCUT2D eigenvalue weighted by Gasteiger charge is -2.26. The smallest absolute Gasteiger partial charge is 0.233 e. The average Bonchev–Trinajstić information content (AvgIpc) is 3.17. The van der Waals surface area contributed by atoms with Gasteiger partial charge in [0.05, 0.1) is 5.41 Å². The molecule has 5 heteroatoms. The molecule has 1 fully saturated rings. The molecule has 2 atom stereocenters. The Hall–Kier alpha value is -0.770. The zero-order chi connectivity index (χ0) is 13.2. The van der Waals surface area contributed by atoms with Crippen molar-refractivity contribution in [2.24, 2.45) is 11.7 Å². The van der Waals surface area contributed by atoms with Crippen LogP contribution < -0.4 is 5.73 Å². The molecular formula is C15H24Cl2N2O. The van der Waals surface area contributed by atoms with Crippen LogP contribution in [0.5, 0.6) is 0 Å². The summed E-state index contributed by atoms with van der Waals surface area (Å²) < 4.78 is 0. The molecule has 0 spiro atoms. The molecule has 114 valence electrons. The fraction of sp³-hybridized carbons (Fsp3) is 0.533. The summed E-state index contributed by atoms with van der Waals surface area (Å²) in [6.45, 7) is 6.17. The number of halogens is 2.